The summed E-state index contributed by atoms with van der Waals surface area (Å²) in [4.78, 5) is 0. The minimum Gasteiger partial charge on any atom is -0.497 e. The minimum atomic E-state index is -3.20. The van der Waals surface area contributed by atoms with E-state index in [9.17, 15) is 8.42 Å². The number of sulfonamides is 1. The molecule has 0 fully saturated rings. The van der Waals surface area contributed by atoms with Crippen LogP contribution in [0.4, 0.5) is 11.4 Å². The van der Waals surface area contributed by atoms with E-state index in [4.69, 9.17) is 10.5 Å². The highest BCUT2D eigenvalue weighted by Crippen LogP contribution is 2.24. The Morgan fingerprint density at radius 2 is 2.06 bits per heavy atom. The molecule has 0 heterocycles. The Morgan fingerprint density at radius 3 is 2.61 bits per heavy atom. The first-order valence-electron chi connectivity index (χ1n) is 5.44. The monoisotopic (exact) mass is 273 g/mol. The third-order valence-corrected chi connectivity index (χ3v) is 4.32. The quantitative estimate of drug-likeness (QED) is 0.741. The van der Waals surface area contributed by atoms with Gasteiger partial charge in [-0.25, -0.2) is 12.7 Å². The van der Waals surface area contributed by atoms with Gasteiger partial charge in [-0.3, -0.25) is 0 Å². The van der Waals surface area contributed by atoms with Gasteiger partial charge in [0, 0.05) is 26.7 Å². The maximum Gasteiger partial charge on any atom is 0.215 e. The van der Waals surface area contributed by atoms with Crippen LogP contribution in [0, 0.1) is 0 Å². The highest BCUT2D eigenvalue weighted by molar-refractivity contribution is 7.89. The molecule has 0 saturated heterocycles. The molecule has 0 unspecified atom stereocenters. The molecule has 0 aliphatic carbocycles. The Bertz CT molecular complexity index is 500. The van der Waals surface area contributed by atoms with Gasteiger partial charge in [0.15, 0.2) is 0 Å². The number of nitrogens with one attached hydrogen (secondary N) is 1. The van der Waals surface area contributed by atoms with Gasteiger partial charge < -0.3 is 15.8 Å². The average Bonchev–Trinajstić information content (AvgIpc) is 2.31. The van der Waals surface area contributed by atoms with E-state index in [-0.39, 0.29) is 12.3 Å². The van der Waals surface area contributed by atoms with E-state index in [1.54, 1.807) is 25.3 Å². The zero-order chi connectivity index (χ0) is 13.8. The van der Waals surface area contributed by atoms with Gasteiger partial charge in [-0.2, -0.15) is 0 Å². The molecule has 0 aliphatic heterocycles. The largest absolute Gasteiger partial charge is 0.497 e. The van der Waals surface area contributed by atoms with E-state index in [0.29, 0.717) is 17.1 Å². The summed E-state index contributed by atoms with van der Waals surface area (Å²) in [6.07, 6.45) is 0. The van der Waals surface area contributed by atoms with Gasteiger partial charge in [-0.15, -0.1) is 0 Å². The van der Waals surface area contributed by atoms with Crippen molar-refractivity contribution in [3.05, 3.63) is 18.2 Å². The molecule has 1 rings (SSSR count). The summed E-state index contributed by atoms with van der Waals surface area (Å²) in [5, 5.41) is 2.99. The van der Waals surface area contributed by atoms with Crippen LogP contribution in [0.3, 0.4) is 0 Å². The first-order valence-corrected chi connectivity index (χ1v) is 7.05. The first kappa shape index (κ1) is 14.6. The summed E-state index contributed by atoms with van der Waals surface area (Å²) < 4.78 is 29.4. The minimum absolute atomic E-state index is 0.0106. The molecule has 0 spiro atoms. The maximum absolute atomic E-state index is 11.6. The number of rotatable bonds is 6. The molecule has 1 aromatic rings. The van der Waals surface area contributed by atoms with Gasteiger partial charge >= 0.3 is 0 Å². The fourth-order valence-electron chi connectivity index (χ4n) is 1.31. The van der Waals surface area contributed by atoms with Crippen LogP contribution in [0.15, 0.2) is 18.2 Å². The highest BCUT2D eigenvalue weighted by Gasteiger charge is 2.13. The SMILES string of the molecule is COc1ccc(N)c(NCCS(=O)(=O)N(C)C)c1. The fourth-order valence-corrected chi connectivity index (χ4v) is 2.04. The molecule has 102 valence electrons. The highest BCUT2D eigenvalue weighted by atomic mass is 32.2. The lowest BCUT2D eigenvalue weighted by Gasteiger charge is -2.13. The maximum atomic E-state index is 11.6. The summed E-state index contributed by atoms with van der Waals surface area (Å²) in [6.45, 7) is 0.290. The second kappa shape index (κ2) is 5.92. The van der Waals surface area contributed by atoms with Crippen molar-refractivity contribution in [2.75, 3.05) is 44.6 Å². The van der Waals surface area contributed by atoms with Crippen molar-refractivity contribution in [3.8, 4) is 5.75 Å². The van der Waals surface area contributed by atoms with Crippen LogP contribution >= 0.6 is 0 Å². The standard InChI is InChI=1S/C11H19N3O3S/c1-14(2)18(15,16)7-6-13-11-8-9(17-3)4-5-10(11)12/h4-5,8,13H,6-7,12H2,1-3H3. The third-order valence-electron chi connectivity index (χ3n) is 2.49. The van der Waals surface area contributed by atoms with Crippen molar-refractivity contribution in [1.29, 1.82) is 0 Å². The zero-order valence-electron chi connectivity index (χ0n) is 10.8. The molecule has 0 bridgehead atoms. The summed E-state index contributed by atoms with van der Waals surface area (Å²) in [7, 11) is 1.38. The number of hydrogen-bond acceptors (Lipinski definition) is 5. The van der Waals surface area contributed by atoms with Crippen molar-refractivity contribution in [1.82, 2.24) is 4.31 Å². The van der Waals surface area contributed by atoms with E-state index in [1.807, 2.05) is 0 Å². The Labute approximate surface area is 108 Å². The molecule has 0 aromatic heterocycles. The number of hydrogen-bond donors (Lipinski definition) is 2. The normalized spacial score (nSPS) is 11.6. The van der Waals surface area contributed by atoms with Crippen LogP contribution in [0.1, 0.15) is 0 Å². The number of nitrogens with two attached hydrogens (primary N) is 1. The van der Waals surface area contributed by atoms with Gasteiger partial charge in [0.1, 0.15) is 5.75 Å². The Balaban J connectivity index is 2.64. The molecule has 0 saturated carbocycles. The molecule has 18 heavy (non-hydrogen) atoms. The molecule has 7 heteroatoms. The molecule has 0 radical (unpaired) electrons. The van der Waals surface area contributed by atoms with Gasteiger partial charge in [-0.1, -0.05) is 0 Å². The van der Waals surface area contributed by atoms with Crippen LogP contribution < -0.4 is 15.8 Å². The number of methoxy groups -OCH3 is 1. The smallest absolute Gasteiger partial charge is 0.215 e. The van der Waals surface area contributed by atoms with Gasteiger partial charge in [0.25, 0.3) is 0 Å². The molecular formula is C11H19N3O3S. The summed E-state index contributed by atoms with van der Waals surface area (Å²) >= 11 is 0. The molecule has 0 aliphatic rings. The number of nitrogen functional groups attached to an aromatic ring is 1. The summed E-state index contributed by atoms with van der Waals surface area (Å²) in [5.74, 6) is 0.679. The second-order valence-electron chi connectivity index (χ2n) is 3.98. The Hall–Kier alpha value is -1.47. The second-order valence-corrected chi connectivity index (χ2v) is 6.28. The zero-order valence-corrected chi connectivity index (χ0v) is 11.6. The van der Waals surface area contributed by atoms with Gasteiger partial charge in [0.2, 0.25) is 10.0 Å². The van der Waals surface area contributed by atoms with E-state index < -0.39 is 10.0 Å². The lowest BCUT2D eigenvalue weighted by atomic mass is 10.2. The molecule has 0 amide bonds. The van der Waals surface area contributed by atoms with Crippen molar-refractivity contribution in [2.24, 2.45) is 0 Å². The Morgan fingerprint density at radius 1 is 1.39 bits per heavy atom. The predicted molar refractivity (Wildman–Crippen MR) is 73.4 cm³/mol. The molecule has 6 nitrogen and oxygen atoms in total. The molecule has 0 atom stereocenters. The molecule has 3 N–H and O–H groups in total. The van der Waals surface area contributed by atoms with E-state index >= 15 is 0 Å². The number of nitrogens with zero attached hydrogens (tertiary/aromatic N) is 1. The Kier molecular flexibility index (Phi) is 4.80. The number of benzene rings is 1. The lowest BCUT2D eigenvalue weighted by Crippen LogP contribution is -2.28. The van der Waals surface area contributed by atoms with Gasteiger partial charge in [0.05, 0.1) is 24.2 Å². The number of anilines is 2. The van der Waals surface area contributed by atoms with Crippen molar-refractivity contribution in [3.63, 3.8) is 0 Å². The fraction of sp³-hybridized carbons (Fsp3) is 0.455. The van der Waals surface area contributed by atoms with Gasteiger partial charge in [-0.05, 0) is 12.1 Å². The van der Waals surface area contributed by atoms with E-state index in [2.05, 4.69) is 5.32 Å². The molecular weight excluding hydrogens is 254 g/mol. The summed E-state index contributed by atoms with van der Waals surface area (Å²) in [6, 6.07) is 5.19. The summed E-state index contributed by atoms with van der Waals surface area (Å²) in [5.41, 5.74) is 7.00. The van der Waals surface area contributed by atoms with Crippen LogP contribution in [-0.2, 0) is 10.0 Å². The van der Waals surface area contributed by atoms with Crippen molar-refractivity contribution >= 4 is 21.4 Å². The van der Waals surface area contributed by atoms with E-state index in [0.717, 1.165) is 0 Å². The van der Waals surface area contributed by atoms with Crippen LogP contribution in [-0.4, -0.2) is 46.2 Å². The number of ether oxygens (including phenoxy) is 1. The van der Waals surface area contributed by atoms with Crippen molar-refractivity contribution in [2.45, 2.75) is 0 Å². The topological polar surface area (TPSA) is 84.7 Å². The van der Waals surface area contributed by atoms with E-state index in [1.165, 1.54) is 18.4 Å². The molecule has 1 aromatic carbocycles. The average molecular weight is 273 g/mol. The predicted octanol–water partition coefficient (Wildman–Crippen LogP) is 0.581. The van der Waals surface area contributed by atoms with Crippen molar-refractivity contribution < 1.29 is 13.2 Å². The lowest BCUT2D eigenvalue weighted by molar-refractivity contribution is 0.415. The van der Waals surface area contributed by atoms with Crippen LogP contribution in [0.25, 0.3) is 0 Å². The third kappa shape index (κ3) is 3.78. The first-order chi connectivity index (χ1) is 8.36. The van der Waals surface area contributed by atoms with Crippen LogP contribution in [0.2, 0.25) is 0 Å². The van der Waals surface area contributed by atoms with Crippen LogP contribution in [0.5, 0.6) is 5.75 Å².